The number of nitrogens with zero attached hydrogens (tertiary/aromatic N) is 6. The van der Waals surface area contributed by atoms with Crippen molar-refractivity contribution in [3.8, 4) is 28.1 Å². The van der Waals surface area contributed by atoms with Crippen molar-refractivity contribution in [3.05, 3.63) is 77.5 Å². The Hall–Kier alpha value is -4.34. The molecule has 11 nitrogen and oxygen atoms in total. The number of aromatic nitrogens is 3. The molecule has 0 radical (unpaired) electrons. The van der Waals surface area contributed by atoms with E-state index in [2.05, 4.69) is 14.8 Å². The third-order valence-electron chi connectivity index (χ3n) is 8.17. The Kier molecular flexibility index (Phi) is 9.52. The van der Waals surface area contributed by atoms with Crippen LogP contribution in [0.15, 0.2) is 55.0 Å². The van der Waals surface area contributed by atoms with Crippen molar-refractivity contribution >= 4 is 39.3 Å². The zero-order chi connectivity index (χ0) is 35.1. The summed E-state index contributed by atoms with van der Waals surface area (Å²) >= 11 is 6.38. The molecule has 4 heterocycles. The Labute approximate surface area is 287 Å². The van der Waals surface area contributed by atoms with E-state index in [-0.39, 0.29) is 65.1 Å². The molecule has 4 aromatic rings. The molecule has 2 aromatic carbocycles. The highest BCUT2D eigenvalue weighted by atomic mass is 35.5. The van der Waals surface area contributed by atoms with Crippen LogP contribution in [-0.2, 0) is 14.9 Å². The molecule has 0 bridgehead atoms. The van der Waals surface area contributed by atoms with Gasteiger partial charge in [-0.2, -0.15) is 17.8 Å². The number of hydrogen-bond donors (Lipinski definition) is 1. The van der Waals surface area contributed by atoms with Gasteiger partial charge < -0.3 is 14.5 Å². The van der Waals surface area contributed by atoms with Crippen LogP contribution in [0.2, 0.25) is 5.02 Å². The van der Waals surface area contributed by atoms with E-state index in [0.717, 1.165) is 16.8 Å². The SMILES string of the molecule is CC(C)(C)OC(=O)N1CCN(c2cc(F)c(-n3cc(-c4cc(Cl)cc(NS(=O)(=O)N5CCCC5)c4F)c(-c4ccncc4)n3)cc2F)CC1. The maximum atomic E-state index is 16.2. The summed E-state index contributed by atoms with van der Waals surface area (Å²) in [7, 11) is -4.06. The van der Waals surface area contributed by atoms with Crippen molar-refractivity contribution in [2.24, 2.45) is 0 Å². The number of hydrogen-bond acceptors (Lipinski definition) is 7. The standard InChI is InChI=1S/C33H35ClF3N7O4S/c1-33(2,3)48-32(45)42-14-12-41(13-15-42)28-18-26(36)29(19-25(28)35)44-20-24(31(39-44)21-6-8-38-9-7-21)23-16-22(34)17-27(30(23)37)40-49(46,47)43-10-4-5-11-43/h6-9,16-20,40H,4-5,10-15H2,1-3H3. The summed E-state index contributed by atoms with van der Waals surface area (Å²) < 4.78 is 83.7. The first-order valence-electron chi connectivity index (χ1n) is 15.7. The Balaban J connectivity index is 1.34. The van der Waals surface area contributed by atoms with Crippen molar-refractivity contribution in [1.82, 2.24) is 24.0 Å². The van der Waals surface area contributed by atoms with Crippen molar-refractivity contribution in [3.63, 3.8) is 0 Å². The smallest absolute Gasteiger partial charge is 0.410 e. The third-order valence-corrected chi connectivity index (χ3v) is 9.92. The Morgan fingerprint density at radius 3 is 2.18 bits per heavy atom. The number of carbonyl (C=O) groups is 1. The first kappa shape index (κ1) is 34.5. The van der Waals surface area contributed by atoms with Crippen LogP contribution >= 0.6 is 11.6 Å². The van der Waals surface area contributed by atoms with E-state index in [9.17, 15) is 13.2 Å². The van der Waals surface area contributed by atoms with Crippen molar-refractivity contribution in [2.45, 2.75) is 39.2 Å². The number of pyridine rings is 1. The van der Waals surface area contributed by atoms with Gasteiger partial charge in [0.25, 0.3) is 0 Å². The number of halogens is 4. The number of carbonyl (C=O) groups excluding carboxylic acids is 1. The first-order chi connectivity index (χ1) is 23.2. The second kappa shape index (κ2) is 13.5. The molecule has 0 aliphatic carbocycles. The molecule has 6 rings (SSSR count). The van der Waals surface area contributed by atoms with Gasteiger partial charge in [-0.3, -0.25) is 9.71 Å². The molecule has 2 aromatic heterocycles. The van der Waals surface area contributed by atoms with Gasteiger partial charge in [-0.15, -0.1) is 0 Å². The highest BCUT2D eigenvalue weighted by Crippen LogP contribution is 2.39. The molecule has 2 aliphatic rings. The van der Waals surface area contributed by atoms with Gasteiger partial charge in [0, 0.05) is 91.7 Å². The van der Waals surface area contributed by atoms with E-state index >= 15 is 13.2 Å². The molecule has 2 saturated heterocycles. The average Bonchev–Trinajstić information content (AvgIpc) is 3.75. The Morgan fingerprint density at radius 1 is 0.898 bits per heavy atom. The van der Waals surface area contributed by atoms with E-state index in [4.69, 9.17) is 16.3 Å². The molecule has 1 N–H and O–H groups in total. The van der Waals surface area contributed by atoms with Crippen molar-refractivity contribution in [2.75, 3.05) is 48.9 Å². The summed E-state index contributed by atoms with van der Waals surface area (Å²) in [5.74, 6) is -2.45. The zero-order valence-electron chi connectivity index (χ0n) is 27.1. The second-order valence-corrected chi connectivity index (χ2v) is 14.9. The van der Waals surface area contributed by atoms with E-state index < -0.39 is 39.4 Å². The Morgan fingerprint density at radius 2 is 1.53 bits per heavy atom. The third kappa shape index (κ3) is 7.48. The van der Waals surface area contributed by atoms with Gasteiger partial charge in [-0.1, -0.05) is 11.6 Å². The van der Waals surface area contributed by atoms with Crippen LogP contribution in [0.3, 0.4) is 0 Å². The fourth-order valence-electron chi connectivity index (χ4n) is 5.81. The summed E-state index contributed by atoms with van der Waals surface area (Å²) in [5.41, 5.74) is -0.526. The van der Waals surface area contributed by atoms with Gasteiger partial charge in [0.2, 0.25) is 0 Å². The molecule has 1 amide bonds. The summed E-state index contributed by atoms with van der Waals surface area (Å²) in [6.07, 6.45) is 5.25. The van der Waals surface area contributed by atoms with Crippen LogP contribution in [0.5, 0.6) is 0 Å². The van der Waals surface area contributed by atoms with E-state index in [1.807, 2.05) is 0 Å². The molecule has 0 spiro atoms. The fraction of sp³-hybridized carbons (Fsp3) is 0.364. The van der Waals surface area contributed by atoms with Crippen LogP contribution < -0.4 is 9.62 Å². The number of anilines is 2. The lowest BCUT2D eigenvalue weighted by Gasteiger charge is -2.36. The summed E-state index contributed by atoms with van der Waals surface area (Å²) in [5, 5.41) is 4.56. The van der Waals surface area contributed by atoms with Crippen LogP contribution in [0.25, 0.3) is 28.1 Å². The highest BCUT2D eigenvalue weighted by Gasteiger charge is 2.30. The van der Waals surface area contributed by atoms with Crippen LogP contribution in [0.1, 0.15) is 33.6 Å². The largest absolute Gasteiger partial charge is 0.444 e. The van der Waals surface area contributed by atoms with Gasteiger partial charge in [0.15, 0.2) is 11.6 Å². The number of ether oxygens (including phenoxy) is 1. The van der Waals surface area contributed by atoms with Crippen molar-refractivity contribution < 1.29 is 31.1 Å². The van der Waals surface area contributed by atoms with Gasteiger partial charge >= 0.3 is 16.3 Å². The van der Waals surface area contributed by atoms with Crippen LogP contribution in [-0.4, -0.2) is 83.4 Å². The molecule has 49 heavy (non-hydrogen) atoms. The number of rotatable bonds is 7. The summed E-state index contributed by atoms with van der Waals surface area (Å²) in [6.45, 7) is 6.97. The van der Waals surface area contributed by atoms with Crippen LogP contribution in [0, 0.1) is 17.5 Å². The summed E-state index contributed by atoms with van der Waals surface area (Å²) in [6, 6.07) is 7.78. The molecule has 0 atom stereocenters. The molecule has 0 unspecified atom stereocenters. The quantitative estimate of drug-likeness (QED) is 0.233. The van der Waals surface area contributed by atoms with Gasteiger partial charge in [-0.05, 0) is 57.9 Å². The number of nitrogens with one attached hydrogen (secondary N) is 1. The maximum Gasteiger partial charge on any atom is 0.410 e. The number of amides is 1. The predicted octanol–water partition coefficient (Wildman–Crippen LogP) is 6.48. The minimum absolute atomic E-state index is 0.0163. The molecule has 2 aliphatic heterocycles. The lowest BCUT2D eigenvalue weighted by atomic mass is 10.0. The van der Waals surface area contributed by atoms with Gasteiger partial charge in [0.1, 0.15) is 22.8 Å². The molecular weight excluding hydrogens is 683 g/mol. The molecule has 2 fully saturated rings. The predicted molar refractivity (Wildman–Crippen MR) is 180 cm³/mol. The van der Waals surface area contributed by atoms with E-state index in [1.165, 1.54) is 39.9 Å². The minimum Gasteiger partial charge on any atom is -0.444 e. The molecule has 16 heteroatoms. The van der Waals surface area contributed by atoms with Gasteiger partial charge in [-0.25, -0.2) is 22.6 Å². The Bertz CT molecular complexity index is 1980. The lowest BCUT2D eigenvalue weighted by molar-refractivity contribution is 0.0240. The zero-order valence-corrected chi connectivity index (χ0v) is 28.7. The lowest BCUT2D eigenvalue weighted by Crippen LogP contribution is -2.50. The van der Waals surface area contributed by atoms with Crippen molar-refractivity contribution in [1.29, 1.82) is 0 Å². The maximum absolute atomic E-state index is 16.2. The fourth-order valence-corrected chi connectivity index (χ4v) is 7.32. The van der Waals surface area contributed by atoms with E-state index in [0.29, 0.717) is 31.5 Å². The highest BCUT2D eigenvalue weighted by molar-refractivity contribution is 7.90. The van der Waals surface area contributed by atoms with E-state index in [1.54, 1.807) is 37.8 Å². The number of piperazine rings is 1. The normalized spacial score (nSPS) is 15.9. The first-order valence-corrected chi connectivity index (χ1v) is 17.5. The topological polar surface area (TPSA) is 113 Å². The molecular formula is C33H35ClF3N7O4S. The summed E-state index contributed by atoms with van der Waals surface area (Å²) in [4.78, 5) is 19.6. The average molecular weight is 718 g/mol. The minimum atomic E-state index is -4.06. The monoisotopic (exact) mass is 717 g/mol. The molecule has 260 valence electrons. The molecule has 0 saturated carbocycles. The number of benzene rings is 2. The second-order valence-electron chi connectivity index (χ2n) is 12.8. The van der Waals surface area contributed by atoms with Crippen LogP contribution in [0.4, 0.5) is 29.3 Å². The van der Waals surface area contributed by atoms with Gasteiger partial charge in [0.05, 0.1) is 11.4 Å².